The van der Waals surface area contributed by atoms with Gasteiger partial charge in [-0.2, -0.15) is 8.78 Å². The number of hydrogen-bond acceptors (Lipinski definition) is 4. The number of piperidine rings is 1. The van der Waals surface area contributed by atoms with Gasteiger partial charge < -0.3 is 15.4 Å². The highest BCUT2D eigenvalue weighted by Crippen LogP contribution is 2.24. The Labute approximate surface area is 105 Å². The molecule has 18 heavy (non-hydrogen) atoms. The van der Waals surface area contributed by atoms with Gasteiger partial charge in [-0.15, -0.1) is 0 Å². The number of ether oxygens (including phenoxy) is 1. The Morgan fingerprint density at radius 2 is 2.28 bits per heavy atom. The highest BCUT2D eigenvalue weighted by Gasteiger charge is 2.22. The molecule has 0 amide bonds. The molecule has 2 rings (SSSR count). The Morgan fingerprint density at radius 3 is 2.89 bits per heavy atom. The van der Waals surface area contributed by atoms with E-state index in [9.17, 15) is 8.78 Å². The van der Waals surface area contributed by atoms with Crippen molar-refractivity contribution < 1.29 is 13.5 Å². The van der Waals surface area contributed by atoms with Gasteiger partial charge >= 0.3 is 6.61 Å². The summed E-state index contributed by atoms with van der Waals surface area (Å²) < 4.78 is 28.3. The van der Waals surface area contributed by atoms with Gasteiger partial charge in [0.25, 0.3) is 0 Å². The molecule has 0 bridgehead atoms. The second kappa shape index (κ2) is 5.95. The molecule has 1 fully saturated rings. The first-order chi connectivity index (χ1) is 8.70. The number of nitrogens with zero attached hydrogens (tertiary/aromatic N) is 2. The molecule has 1 atom stereocenters. The van der Waals surface area contributed by atoms with Crippen LogP contribution in [-0.2, 0) is 0 Å². The third kappa shape index (κ3) is 3.07. The predicted octanol–water partition coefficient (Wildman–Crippen LogP) is 2.00. The van der Waals surface area contributed by atoms with E-state index in [4.69, 9.17) is 5.73 Å². The van der Waals surface area contributed by atoms with E-state index in [2.05, 4.69) is 14.6 Å². The van der Waals surface area contributed by atoms with Crippen molar-refractivity contribution in [2.45, 2.75) is 31.9 Å². The summed E-state index contributed by atoms with van der Waals surface area (Å²) in [6.45, 7) is -1.33. The minimum atomic E-state index is -2.82. The Hall–Kier alpha value is -1.43. The number of aromatic nitrogens is 1. The summed E-state index contributed by atoms with van der Waals surface area (Å²) in [5, 5.41) is 0. The van der Waals surface area contributed by atoms with Crippen molar-refractivity contribution in [3.8, 4) is 5.75 Å². The Balaban J connectivity index is 2.07. The first-order valence-corrected chi connectivity index (χ1v) is 6.08. The number of nitrogens with two attached hydrogens (primary N) is 1. The lowest BCUT2D eigenvalue weighted by atomic mass is 10.0. The fourth-order valence-corrected chi connectivity index (χ4v) is 2.26. The van der Waals surface area contributed by atoms with Gasteiger partial charge in [0.15, 0.2) is 0 Å². The minimum Gasteiger partial charge on any atom is -0.433 e. The van der Waals surface area contributed by atoms with Crippen LogP contribution in [0.2, 0.25) is 0 Å². The predicted molar refractivity (Wildman–Crippen MR) is 64.9 cm³/mol. The molecule has 0 spiro atoms. The van der Waals surface area contributed by atoms with Crippen LogP contribution in [0, 0.1) is 0 Å². The van der Waals surface area contributed by atoms with Gasteiger partial charge in [0.2, 0.25) is 0 Å². The molecule has 2 heterocycles. The second-order valence-electron chi connectivity index (χ2n) is 4.31. The molecule has 0 radical (unpaired) electrons. The Bertz CT molecular complexity index is 372. The summed E-state index contributed by atoms with van der Waals surface area (Å²) in [5.74, 6) is 0.849. The number of rotatable bonds is 4. The van der Waals surface area contributed by atoms with Crippen molar-refractivity contribution in [1.29, 1.82) is 0 Å². The topological polar surface area (TPSA) is 51.4 Å². The van der Waals surface area contributed by atoms with Crippen molar-refractivity contribution in [3.05, 3.63) is 18.3 Å². The van der Waals surface area contributed by atoms with Crippen LogP contribution in [0.5, 0.6) is 5.75 Å². The van der Waals surface area contributed by atoms with Crippen LogP contribution in [0.15, 0.2) is 18.3 Å². The van der Waals surface area contributed by atoms with Crippen molar-refractivity contribution in [2.24, 2.45) is 5.73 Å². The van der Waals surface area contributed by atoms with E-state index in [0.29, 0.717) is 6.54 Å². The highest BCUT2D eigenvalue weighted by molar-refractivity contribution is 5.42. The molecule has 1 saturated heterocycles. The quantitative estimate of drug-likeness (QED) is 0.896. The van der Waals surface area contributed by atoms with Gasteiger partial charge in [-0.3, -0.25) is 0 Å². The molecule has 6 heteroatoms. The zero-order valence-corrected chi connectivity index (χ0v) is 10.1. The molecule has 1 unspecified atom stereocenters. The van der Waals surface area contributed by atoms with Gasteiger partial charge in [-0.25, -0.2) is 4.98 Å². The molecule has 1 aromatic heterocycles. The van der Waals surface area contributed by atoms with Gasteiger partial charge in [-0.1, -0.05) is 0 Å². The zero-order valence-electron chi connectivity index (χ0n) is 10.1. The van der Waals surface area contributed by atoms with Crippen LogP contribution in [0.3, 0.4) is 0 Å². The summed E-state index contributed by atoms with van der Waals surface area (Å²) >= 11 is 0. The van der Waals surface area contributed by atoms with Crippen molar-refractivity contribution in [1.82, 2.24) is 4.98 Å². The number of anilines is 1. The molecule has 4 nitrogen and oxygen atoms in total. The van der Waals surface area contributed by atoms with Crippen LogP contribution in [0.1, 0.15) is 19.3 Å². The number of pyridine rings is 1. The first kappa shape index (κ1) is 13.0. The SMILES string of the molecule is NCC1CCCCN1c1ccc(OC(F)F)cn1. The highest BCUT2D eigenvalue weighted by atomic mass is 19.3. The zero-order chi connectivity index (χ0) is 13.0. The number of halogens is 2. The average Bonchev–Trinajstić information content (AvgIpc) is 2.39. The van der Waals surface area contributed by atoms with E-state index >= 15 is 0 Å². The molecule has 100 valence electrons. The fraction of sp³-hybridized carbons (Fsp3) is 0.583. The van der Waals surface area contributed by atoms with E-state index in [1.54, 1.807) is 6.07 Å². The van der Waals surface area contributed by atoms with E-state index in [1.807, 2.05) is 0 Å². The molecular weight excluding hydrogens is 240 g/mol. The fourth-order valence-electron chi connectivity index (χ4n) is 2.26. The minimum absolute atomic E-state index is 0.0788. The Kier molecular flexibility index (Phi) is 4.30. The molecule has 1 aliphatic heterocycles. The van der Waals surface area contributed by atoms with Crippen LogP contribution >= 0.6 is 0 Å². The van der Waals surface area contributed by atoms with E-state index in [0.717, 1.165) is 25.2 Å². The molecule has 0 aromatic carbocycles. The maximum Gasteiger partial charge on any atom is 0.387 e. The maximum absolute atomic E-state index is 12.0. The Morgan fingerprint density at radius 1 is 1.44 bits per heavy atom. The first-order valence-electron chi connectivity index (χ1n) is 6.08. The summed E-state index contributed by atoms with van der Waals surface area (Å²) in [4.78, 5) is 6.30. The molecular formula is C12H17F2N3O. The van der Waals surface area contributed by atoms with Gasteiger partial charge in [0.05, 0.1) is 6.20 Å². The van der Waals surface area contributed by atoms with Crippen LogP contribution in [-0.4, -0.2) is 30.7 Å². The standard InChI is InChI=1S/C12H17F2N3O/c13-12(14)18-10-4-5-11(16-8-10)17-6-2-1-3-9(17)7-15/h4-5,8-9,12H,1-3,6-7,15H2. The van der Waals surface area contributed by atoms with Crippen molar-refractivity contribution in [2.75, 3.05) is 18.0 Å². The third-order valence-corrected chi connectivity index (χ3v) is 3.14. The monoisotopic (exact) mass is 257 g/mol. The number of alkyl halides is 2. The van der Waals surface area contributed by atoms with Crippen molar-refractivity contribution in [3.63, 3.8) is 0 Å². The summed E-state index contributed by atoms with van der Waals surface area (Å²) in [7, 11) is 0. The van der Waals surface area contributed by atoms with Crippen LogP contribution in [0.25, 0.3) is 0 Å². The summed E-state index contributed by atoms with van der Waals surface area (Å²) in [6, 6.07) is 3.50. The van der Waals surface area contributed by atoms with Gasteiger partial charge in [-0.05, 0) is 31.4 Å². The molecule has 0 saturated carbocycles. The van der Waals surface area contributed by atoms with Crippen LogP contribution < -0.4 is 15.4 Å². The third-order valence-electron chi connectivity index (χ3n) is 3.14. The molecule has 1 aliphatic rings. The summed E-state index contributed by atoms with van der Waals surface area (Å²) in [6.07, 6.45) is 4.65. The molecule has 0 aliphatic carbocycles. The summed E-state index contributed by atoms with van der Waals surface area (Å²) in [5.41, 5.74) is 5.73. The van der Waals surface area contributed by atoms with Crippen molar-refractivity contribution >= 4 is 5.82 Å². The van der Waals surface area contributed by atoms with Gasteiger partial charge in [0, 0.05) is 19.1 Å². The largest absolute Gasteiger partial charge is 0.433 e. The smallest absolute Gasteiger partial charge is 0.387 e. The van der Waals surface area contributed by atoms with E-state index in [-0.39, 0.29) is 11.8 Å². The van der Waals surface area contributed by atoms with E-state index < -0.39 is 6.61 Å². The van der Waals surface area contributed by atoms with E-state index in [1.165, 1.54) is 18.7 Å². The van der Waals surface area contributed by atoms with Crippen LogP contribution in [0.4, 0.5) is 14.6 Å². The molecule has 2 N–H and O–H groups in total. The normalized spacial score (nSPS) is 20.2. The van der Waals surface area contributed by atoms with Gasteiger partial charge in [0.1, 0.15) is 11.6 Å². The second-order valence-corrected chi connectivity index (χ2v) is 4.31. The lowest BCUT2D eigenvalue weighted by molar-refractivity contribution is -0.0500. The molecule has 1 aromatic rings. The lowest BCUT2D eigenvalue weighted by Crippen LogP contribution is -2.44. The maximum atomic E-state index is 12.0. The number of hydrogen-bond donors (Lipinski definition) is 1. The average molecular weight is 257 g/mol. The lowest BCUT2D eigenvalue weighted by Gasteiger charge is -2.36.